The number of unbranched alkanes of at least 4 members (excludes halogenated alkanes) is 13. The van der Waals surface area contributed by atoms with Gasteiger partial charge in [0.2, 0.25) is 0 Å². The summed E-state index contributed by atoms with van der Waals surface area (Å²) in [5, 5.41) is 7.90. The molecule has 0 aliphatic heterocycles. The van der Waals surface area contributed by atoms with E-state index >= 15 is 0 Å². The van der Waals surface area contributed by atoms with Crippen molar-refractivity contribution in [1.82, 2.24) is 10.7 Å². The monoisotopic (exact) mass is 381 g/mol. The average molecular weight is 382 g/mol. The van der Waals surface area contributed by atoms with Crippen LogP contribution in [0.4, 0.5) is 0 Å². The van der Waals surface area contributed by atoms with Gasteiger partial charge >= 0.3 is 0 Å². The van der Waals surface area contributed by atoms with Gasteiger partial charge in [0, 0.05) is 12.8 Å². The zero-order valence-electron chi connectivity index (χ0n) is 17.6. The predicted octanol–water partition coefficient (Wildman–Crippen LogP) is 6.88. The van der Waals surface area contributed by atoms with E-state index in [0.717, 1.165) is 12.1 Å². The fourth-order valence-electron chi connectivity index (χ4n) is 2.83. The van der Waals surface area contributed by atoms with E-state index in [9.17, 15) is 0 Å². The van der Waals surface area contributed by atoms with Gasteiger partial charge in [-0.3, -0.25) is 5.43 Å². The van der Waals surface area contributed by atoms with Crippen molar-refractivity contribution in [2.75, 3.05) is 6.54 Å². The van der Waals surface area contributed by atoms with E-state index in [2.05, 4.69) is 22.8 Å². The maximum atomic E-state index is 5.19. The standard InChI is InChI=1S/C22H43N3S/c1-4-6-7-8-9-10-11-12-13-14-15-16-17-18-19-23-22(26)25-24-20-21(3)5-2/h5,20H,4,6-19H2,1-3H3,(H2,23,25,26)/b21-5-,24-20+. The summed E-state index contributed by atoms with van der Waals surface area (Å²) in [5.41, 5.74) is 3.96. The van der Waals surface area contributed by atoms with Crippen molar-refractivity contribution in [3.63, 3.8) is 0 Å². The third-order valence-corrected chi connectivity index (χ3v) is 4.94. The van der Waals surface area contributed by atoms with Gasteiger partial charge < -0.3 is 5.32 Å². The third kappa shape index (κ3) is 19.4. The summed E-state index contributed by atoms with van der Waals surface area (Å²) in [6, 6.07) is 0. The van der Waals surface area contributed by atoms with Crippen LogP contribution in [0.5, 0.6) is 0 Å². The van der Waals surface area contributed by atoms with Gasteiger partial charge in [-0.15, -0.1) is 0 Å². The Morgan fingerprint density at radius 3 is 1.73 bits per heavy atom. The van der Waals surface area contributed by atoms with Crippen molar-refractivity contribution in [3.8, 4) is 0 Å². The lowest BCUT2D eigenvalue weighted by atomic mass is 10.0. The molecule has 3 nitrogen and oxygen atoms in total. The normalized spacial score (nSPS) is 11.9. The van der Waals surface area contributed by atoms with Gasteiger partial charge in [0.15, 0.2) is 5.11 Å². The predicted molar refractivity (Wildman–Crippen MR) is 122 cm³/mol. The Kier molecular flexibility index (Phi) is 19.7. The van der Waals surface area contributed by atoms with Gasteiger partial charge in [0.05, 0.1) is 0 Å². The second-order valence-electron chi connectivity index (χ2n) is 7.25. The molecule has 0 saturated heterocycles. The molecule has 0 fully saturated rings. The van der Waals surface area contributed by atoms with Crippen LogP contribution in [0, 0.1) is 0 Å². The van der Waals surface area contributed by atoms with Crippen molar-refractivity contribution in [3.05, 3.63) is 11.6 Å². The van der Waals surface area contributed by atoms with Crippen LogP contribution in [0.1, 0.15) is 111 Å². The molecule has 2 N–H and O–H groups in total. The lowest BCUT2D eigenvalue weighted by molar-refractivity contribution is 0.535. The topological polar surface area (TPSA) is 36.4 Å². The number of nitrogens with one attached hydrogen (secondary N) is 2. The fraction of sp³-hybridized carbons (Fsp3) is 0.818. The Morgan fingerprint density at radius 2 is 1.27 bits per heavy atom. The Balaban J connectivity index is 3.22. The molecule has 152 valence electrons. The number of hydrazone groups is 1. The number of rotatable bonds is 17. The molecule has 0 heterocycles. The van der Waals surface area contributed by atoms with E-state index in [1.165, 1.54) is 89.9 Å². The van der Waals surface area contributed by atoms with Gasteiger partial charge in [-0.25, -0.2) is 0 Å². The average Bonchev–Trinajstić information content (AvgIpc) is 2.64. The molecule has 0 aromatic carbocycles. The van der Waals surface area contributed by atoms with Gasteiger partial charge in [0.1, 0.15) is 0 Å². The quantitative estimate of drug-likeness (QED) is 0.125. The smallest absolute Gasteiger partial charge is 0.186 e. The fourth-order valence-corrected chi connectivity index (χ4v) is 2.98. The molecule has 0 unspecified atom stereocenters. The number of hydrogen-bond donors (Lipinski definition) is 2. The summed E-state index contributed by atoms with van der Waals surface area (Å²) in [5.74, 6) is 0. The van der Waals surface area contributed by atoms with E-state index in [1.54, 1.807) is 6.21 Å². The van der Waals surface area contributed by atoms with Crippen LogP contribution in [0.2, 0.25) is 0 Å². The van der Waals surface area contributed by atoms with Gasteiger partial charge in [-0.2, -0.15) is 5.10 Å². The maximum Gasteiger partial charge on any atom is 0.186 e. The highest BCUT2D eigenvalue weighted by molar-refractivity contribution is 7.80. The molecule has 0 aliphatic rings. The molecule has 0 aliphatic carbocycles. The summed E-state index contributed by atoms with van der Waals surface area (Å²) in [6.07, 6.45) is 23.2. The first-order valence-electron chi connectivity index (χ1n) is 10.9. The molecule has 0 spiro atoms. The Morgan fingerprint density at radius 1 is 0.808 bits per heavy atom. The molecular weight excluding hydrogens is 338 g/mol. The van der Waals surface area contributed by atoms with Gasteiger partial charge in [-0.1, -0.05) is 96.5 Å². The van der Waals surface area contributed by atoms with Crippen LogP contribution in [0.3, 0.4) is 0 Å². The zero-order chi connectivity index (χ0) is 19.3. The van der Waals surface area contributed by atoms with Crippen LogP contribution >= 0.6 is 12.2 Å². The molecule has 0 amide bonds. The number of nitrogens with zero attached hydrogens (tertiary/aromatic N) is 1. The highest BCUT2D eigenvalue weighted by Crippen LogP contribution is 2.12. The first-order chi connectivity index (χ1) is 12.7. The molecule has 0 aromatic rings. The molecular formula is C22H43N3S. The number of allylic oxidation sites excluding steroid dienone is 2. The molecule has 26 heavy (non-hydrogen) atoms. The summed E-state index contributed by atoms with van der Waals surface area (Å²) >= 11 is 5.19. The molecule has 4 heteroatoms. The Labute approximate surface area is 168 Å². The molecule has 0 atom stereocenters. The highest BCUT2D eigenvalue weighted by atomic mass is 32.1. The summed E-state index contributed by atoms with van der Waals surface area (Å²) in [4.78, 5) is 0. The van der Waals surface area contributed by atoms with Crippen molar-refractivity contribution in [1.29, 1.82) is 0 Å². The molecule has 0 radical (unpaired) electrons. The second-order valence-corrected chi connectivity index (χ2v) is 7.66. The van der Waals surface area contributed by atoms with Crippen molar-refractivity contribution >= 4 is 23.5 Å². The molecule has 0 bridgehead atoms. The first kappa shape index (κ1) is 25.1. The van der Waals surface area contributed by atoms with Crippen LogP contribution in [0.25, 0.3) is 0 Å². The first-order valence-corrected chi connectivity index (χ1v) is 11.3. The second kappa shape index (κ2) is 20.4. The van der Waals surface area contributed by atoms with E-state index < -0.39 is 0 Å². The van der Waals surface area contributed by atoms with Crippen molar-refractivity contribution in [2.24, 2.45) is 5.10 Å². The minimum Gasteiger partial charge on any atom is -0.361 e. The van der Waals surface area contributed by atoms with E-state index in [4.69, 9.17) is 12.2 Å². The number of thiocarbonyl (C=S) groups is 1. The molecule has 0 rings (SSSR count). The van der Waals surface area contributed by atoms with Crippen molar-refractivity contribution in [2.45, 2.75) is 111 Å². The summed E-state index contributed by atoms with van der Waals surface area (Å²) < 4.78 is 0. The zero-order valence-corrected chi connectivity index (χ0v) is 18.4. The number of hydrogen-bond acceptors (Lipinski definition) is 2. The lowest BCUT2D eigenvalue weighted by Crippen LogP contribution is -2.32. The third-order valence-electron chi connectivity index (χ3n) is 4.71. The van der Waals surface area contributed by atoms with Crippen LogP contribution in [-0.4, -0.2) is 17.9 Å². The van der Waals surface area contributed by atoms with E-state index in [0.29, 0.717) is 5.11 Å². The minimum atomic E-state index is 0.611. The molecule has 0 aromatic heterocycles. The maximum absolute atomic E-state index is 5.19. The lowest BCUT2D eigenvalue weighted by Gasteiger charge is -2.07. The van der Waals surface area contributed by atoms with Crippen LogP contribution in [0.15, 0.2) is 16.8 Å². The molecule has 0 saturated carbocycles. The van der Waals surface area contributed by atoms with E-state index in [-0.39, 0.29) is 0 Å². The van der Waals surface area contributed by atoms with Crippen molar-refractivity contribution < 1.29 is 0 Å². The summed E-state index contributed by atoms with van der Waals surface area (Å²) in [7, 11) is 0. The van der Waals surface area contributed by atoms with Gasteiger partial charge in [-0.05, 0) is 38.1 Å². The highest BCUT2D eigenvalue weighted by Gasteiger charge is 1.95. The van der Waals surface area contributed by atoms with Crippen LogP contribution < -0.4 is 10.7 Å². The minimum absolute atomic E-state index is 0.611. The van der Waals surface area contributed by atoms with Crippen LogP contribution in [-0.2, 0) is 0 Å². The SMILES string of the molecule is C/C=C(C)\C=N\NC(=S)NCCCCCCCCCCCCCCCC. The summed E-state index contributed by atoms with van der Waals surface area (Å²) in [6.45, 7) is 7.22. The largest absolute Gasteiger partial charge is 0.361 e. The Hall–Kier alpha value is -0.900. The Bertz CT molecular complexity index is 378. The van der Waals surface area contributed by atoms with E-state index in [1.807, 2.05) is 19.9 Å². The van der Waals surface area contributed by atoms with Gasteiger partial charge in [0.25, 0.3) is 0 Å².